The molecule has 1 heteroatoms. The van der Waals surface area contributed by atoms with Crippen LogP contribution >= 0.6 is 0 Å². The molecule has 0 N–H and O–H groups in total. The van der Waals surface area contributed by atoms with Crippen LogP contribution in [-0.4, -0.2) is 0 Å². The molecule has 0 radical (unpaired) electrons. The fourth-order valence-corrected chi connectivity index (χ4v) is 9.89. The normalized spacial score (nSPS) is 14.3. The number of anilines is 3. The zero-order valence-electron chi connectivity index (χ0n) is 33.4. The van der Waals surface area contributed by atoms with E-state index in [4.69, 9.17) is 0 Å². The molecule has 0 fully saturated rings. The summed E-state index contributed by atoms with van der Waals surface area (Å²) in [6.45, 7) is 11.8. The molecule has 0 atom stereocenters. The Morgan fingerprint density at radius 2 is 0.895 bits per heavy atom. The van der Waals surface area contributed by atoms with Gasteiger partial charge in [0.05, 0.1) is 11.1 Å². The molecular weight excluding hydrogens is 687 g/mol. The smallest absolute Gasteiger partial charge is 0.0714 e. The molecule has 2 aliphatic carbocycles. The second-order valence-corrected chi connectivity index (χ2v) is 17.3. The van der Waals surface area contributed by atoms with Crippen molar-refractivity contribution < 1.29 is 0 Å². The van der Waals surface area contributed by atoms with E-state index in [0.717, 1.165) is 17.1 Å². The van der Waals surface area contributed by atoms with Gasteiger partial charge in [-0.05, 0) is 103 Å². The summed E-state index contributed by atoms with van der Waals surface area (Å²) in [5, 5.41) is 0. The number of rotatable bonds is 6. The number of hydrogen-bond acceptors (Lipinski definition) is 1. The summed E-state index contributed by atoms with van der Waals surface area (Å²) >= 11 is 0. The van der Waals surface area contributed by atoms with E-state index in [1.54, 1.807) is 0 Å². The van der Waals surface area contributed by atoms with Crippen molar-refractivity contribution in [1.29, 1.82) is 0 Å². The molecule has 0 aliphatic heterocycles. The van der Waals surface area contributed by atoms with E-state index in [9.17, 15) is 0 Å². The highest BCUT2D eigenvalue weighted by atomic mass is 15.1. The fraction of sp³-hybridized carbons (Fsp3) is 0.143. The van der Waals surface area contributed by atoms with Crippen LogP contribution in [0.3, 0.4) is 0 Å². The lowest BCUT2D eigenvalue weighted by molar-refractivity contribution is 0.587. The van der Waals surface area contributed by atoms with Crippen molar-refractivity contribution in [3.8, 4) is 33.4 Å². The van der Waals surface area contributed by atoms with Crippen molar-refractivity contribution in [2.45, 2.75) is 50.9 Å². The fourth-order valence-electron chi connectivity index (χ4n) is 9.89. The van der Waals surface area contributed by atoms with Crippen molar-refractivity contribution in [2.75, 3.05) is 4.90 Å². The number of hydrogen-bond donors (Lipinski definition) is 0. The summed E-state index contributed by atoms with van der Waals surface area (Å²) in [6.07, 6.45) is 0. The van der Waals surface area contributed by atoms with Crippen molar-refractivity contribution in [1.82, 2.24) is 0 Å². The first-order valence-corrected chi connectivity index (χ1v) is 20.3. The van der Waals surface area contributed by atoms with Gasteiger partial charge in [-0.25, -0.2) is 0 Å². The minimum absolute atomic E-state index is 0.132. The molecule has 0 bridgehead atoms. The molecule has 0 saturated heterocycles. The maximum Gasteiger partial charge on any atom is 0.0714 e. The predicted molar refractivity (Wildman–Crippen MR) is 240 cm³/mol. The molecule has 0 heterocycles. The van der Waals surface area contributed by atoms with Crippen LogP contribution in [0.25, 0.3) is 33.4 Å². The summed E-state index contributed by atoms with van der Waals surface area (Å²) in [7, 11) is 0. The standard InChI is InChI=1S/C56H47N/c1-54(2,3)40-34-41(56(39-22-10-7-11-23-39)50-29-17-13-26-46(50)47-27-14-18-30-51(47)56)36-43(35-40)57(53-31-19-15-24-44(53)38-20-8-6-9-21-38)42-32-33-48-45-25-12-16-28-49(45)55(4,5)52(48)37-42/h6-37H,1-5H3. The summed E-state index contributed by atoms with van der Waals surface area (Å²) in [5.41, 5.74) is 19.5. The van der Waals surface area contributed by atoms with Gasteiger partial charge in [-0.2, -0.15) is 0 Å². The maximum atomic E-state index is 2.53. The Kier molecular flexibility index (Phi) is 8.03. The van der Waals surface area contributed by atoms with Crippen LogP contribution in [0.4, 0.5) is 17.1 Å². The molecule has 8 aromatic carbocycles. The van der Waals surface area contributed by atoms with E-state index in [-0.39, 0.29) is 10.8 Å². The summed E-state index contributed by atoms with van der Waals surface area (Å²) in [5.74, 6) is 0. The van der Waals surface area contributed by atoms with Crippen LogP contribution in [0, 0.1) is 0 Å². The quantitative estimate of drug-likeness (QED) is 0.164. The van der Waals surface area contributed by atoms with Gasteiger partial charge in [-0.3, -0.25) is 0 Å². The van der Waals surface area contributed by atoms with Gasteiger partial charge in [-0.1, -0.05) is 198 Å². The number of fused-ring (bicyclic) bond motifs is 6. The summed E-state index contributed by atoms with van der Waals surface area (Å²) in [4.78, 5) is 2.53. The Morgan fingerprint density at radius 1 is 0.386 bits per heavy atom. The first-order valence-electron chi connectivity index (χ1n) is 20.3. The molecule has 10 rings (SSSR count). The molecule has 1 nitrogen and oxygen atoms in total. The Morgan fingerprint density at radius 3 is 1.53 bits per heavy atom. The second-order valence-electron chi connectivity index (χ2n) is 17.3. The van der Waals surface area contributed by atoms with E-state index >= 15 is 0 Å². The number of para-hydroxylation sites is 1. The van der Waals surface area contributed by atoms with Crippen LogP contribution in [0.15, 0.2) is 194 Å². The average Bonchev–Trinajstić information content (AvgIpc) is 3.67. The van der Waals surface area contributed by atoms with Gasteiger partial charge in [0.1, 0.15) is 0 Å². The number of nitrogens with zero attached hydrogens (tertiary/aromatic N) is 1. The second kappa shape index (κ2) is 13.1. The van der Waals surface area contributed by atoms with Crippen molar-refractivity contribution in [3.63, 3.8) is 0 Å². The topological polar surface area (TPSA) is 3.24 Å². The third-order valence-corrected chi connectivity index (χ3v) is 12.7. The molecule has 0 saturated carbocycles. The highest BCUT2D eigenvalue weighted by Crippen LogP contribution is 2.58. The van der Waals surface area contributed by atoms with Gasteiger partial charge in [-0.15, -0.1) is 0 Å². The van der Waals surface area contributed by atoms with Gasteiger partial charge < -0.3 is 4.90 Å². The minimum Gasteiger partial charge on any atom is -0.310 e. The summed E-state index contributed by atoms with van der Waals surface area (Å²) < 4.78 is 0. The third kappa shape index (κ3) is 5.36. The van der Waals surface area contributed by atoms with Crippen molar-refractivity contribution in [2.24, 2.45) is 0 Å². The molecule has 0 aromatic heterocycles. The van der Waals surface area contributed by atoms with E-state index in [2.05, 4.69) is 234 Å². The first kappa shape index (κ1) is 35.0. The van der Waals surface area contributed by atoms with E-state index in [0.29, 0.717) is 0 Å². The molecule has 0 unspecified atom stereocenters. The van der Waals surface area contributed by atoms with Crippen molar-refractivity contribution in [3.05, 3.63) is 233 Å². The SMILES string of the molecule is CC(C)(C)c1cc(N(c2ccc3c(c2)C(C)(C)c2ccccc2-3)c2ccccc2-c2ccccc2)cc(C2(c3ccccc3)c3ccccc3-c3ccccc32)c1. The molecule has 2 aliphatic rings. The molecule has 276 valence electrons. The van der Waals surface area contributed by atoms with Gasteiger partial charge in [0.2, 0.25) is 0 Å². The highest BCUT2D eigenvalue weighted by Gasteiger charge is 2.46. The van der Waals surface area contributed by atoms with Crippen LogP contribution in [0.1, 0.15) is 73.6 Å². The molecule has 8 aromatic rings. The maximum absolute atomic E-state index is 2.53. The lowest BCUT2D eigenvalue weighted by Crippen LogP contribution is -2.30. The van der Waals surface area contributed by atoms with Gasteiger partial charge in [0.25, 0.3) is 0 Å². The Bertz CT molecular complexity index is 2760. The van der Waals surface area contributed by atoms with E-state index < -0.39 is 5.41 Å². The van der Waals surface area contributed by atoms with E-state index in [1.807, 2.05) is 0 Å². The van der Waals surface area contributed by atoms with Crippen molar-refractivity contribution >= 4 is 17.1 Å². The molecular formula is C56H47N. The Balaban J connectivity index is 1.30. The minimum atomic E-state index is -0.531. The van der Waals surface area contributed by atoms with Crippen LogP contribution in [0.2, 0.25) is 0 Å². The summed E-state index contributed by atoms with van der Waals surface area (Å²) in [6, 6.07) is 72.6. The van der Waals surface area contributed by atoms with Crippen LogP contribution in [0.5, 0.6) is 0 Å². The van der Waals surface area contributed by atoms with Crippen LogP contribution in [-0.2, 0) is 16.2 Å². The Hall–Kier alpha value is -6.44. The molecule has 0 amide bonds. The lowest BCUT2D eigenvalue weighted by Gasteiger charge is -2.37. The lowest BCUT2D eigenvalue weighted by atomic mass is 9.66. The van der Waals surface area contributed by atoms with Gasteiger partial charge in [0.15, 0.2) is 0 Å². The van der Waals surface area contributed by atoms with Gasteiger partial charge in [0, 0.05) is 22.4 Å². The van der Waals surface area contributed by atoms with Crippen LogP contribution < -0.4 is 4.90 Å². The zero-order chi connectivity index (χ0) is 38.9. The molecule has 0 spiro atoms. The van der Waals surface area contributed by atoms with E-state index in [1.165, 1.54) is 72.3 Å². The highest BCUT2D eigenvalue weighted by molar-refractivity contribution is 5.92. The Labute approximate surface area is 337 Å². The number of benzene rings is 8. The monoisotopic (exact) mass is 733 g/mol. The van der Waals surface area contributed by atoms with Gasteiger partial charge >= 0.3 is 0 Å². The largest absolute Gasteiger partial charge is 0.310 e. The first-order chi connectivity index (χ1) is 27.7. The zero-order valence-corrected chi connectivity index (χ0v) is 33.4. The average molecular weight is 734 g/mol. The predicted octanol–water partition coefficient (Wildman–Crippen LogP) is 14.8. The molecule has 57 heavy (non-hydrogen) atoms. The third-order valence-electron chi connectivity index (χ3n) is 12.7.